The second kappa shape index (κ2) is 5.28. The molecule has 0 spiro atoms. The lowest BCUT2D eigenvalue weighted by molar-refractivity contribution is 0.629. The van der Waals surface area contributed by atoms with E-state index < -0.39 is 5.82 Å². The van der Waals surface area contributed by atoms with Gasteiger partial charge in [0.05, 0.1) is 29.6 Å². The van der Waals surface area contributed by atoms with E-state index in [0.29, 0.717) is 17.8 Å². The number of anilines is 1. The minimum Gasteiger partial charge on any atom is -0.377 e. The van der Waals surface area contributed by atoms with E-state index in [-0.39, 0.29) is 0 Å². The number of hydrogen-bond acceptors (Lipinski definition) is 3. The van der Waals surface area contributed by atoms with E-state index in [4.69, 9.17) is 5.26 Å². The molecule has 4 heteroatoms. The largest absolute Gasteiger partial charge is 0.377 e. The maximum Gasteiger partial charge on any atom is 0.147 e. The molecule has 0 unspecified atom stereocenters. The van der Waals surface area contributed by atoms with Crippen molar-refractivity contribution in [3.05, 3.63) is 59.2 Å². The smallest absolute Gasteiger partial charge is 0.147 e. The molecule has 0 radical (unpaired) electrons. The van der Waals surface area contributed by atoms with Crippen molar-refractivity contribution in [1.82, 2.24) is 4.98 Å². The quantitative estimate of drug-likeness (QED) is 0.898. The second-order valence-electron chi connectivity index (χ2n) is 3.93. The maximum absolute atomic E-state index is 13.6. The molecule has 1 heterocycles. The minimum atomic E-state index is -0.429. The van der Waals surface area contributed by atoms with Gasteiger partial charge in [-0.1, -0.05) is 6.07 Å². The zero-order valence-corrected chi connectivity index (χ0v) is 9.94. The number of nitrogens with one attached hydrogen (secondary N) is 1. The summed E-state index contributed by atoms with van der Waals surface area (Å²) in [6.07, 6.45) is 0. The molecule has 0 saturated carbocycles. The van der Waals surface area contributed by atoms with Crippen molar-refractivity contribution in [3.63, 3.8) is 0 Å². The highest BCUT2D eigenvalue weighted by atomic mass is 19.1. The Morgan fingerprint density at radius 1 is 1.33 bits per heavy atom. The molecule has 2 aromatic rings. The molecule has 0 fully saturated rings. The van der Waals surface area contributed by atoms with Crippen LogP contribution in [0.2, 0.25) is 0 Å². The van der Waals surface area contributed by atoms with Crippen LogP contribution < -0.4 is 5.32 Å². The summed E-state index contributed by atoms with van der Waals surface area (Å²) in [6.45, 7) is 2.36. The molecule has 0 bridgehead atoms. The summed E-state index contributed by atoms with van der Waals surface area (Å²) in [7, 11) is 0. The summed E-state index contributed by atoms with van der Waals surface area (Å²) >= 11 is 0. The number of hydrogen-bond donors (Lipinski definition) is 1. The Balaban J connectivity index is 2.09. The van der Waals surface area contributed by atoms with Crippen molar-refractivity contribution < 1.29 is 4.39 Å². The first-order chi connectivity index (χ1) is 8.69. The van der Waals surface area contributed by atoms with E-state index in [0.717, 1.165) is 11.4 Å². The summed E-state index contributed by atoms with van der Waals surface area (Å²) in [6, 6.07) is 11.9. The van der Waals surface area contributed by atoms with Gasteiger partial charge in [0.2, 0.25) is 0 Å². The molecule has 3 nitrogen and oxygen atoms in total. The SMILES string of the molecule is Cc1cccc(CNc2ccc(C#N)cc2F)n1. The molecule has 0 amide bonds. The number of pyridine rings is 1. The number of aryl methyl sites for hydroxylation is 1. The first kappa shape index (κ1) is 12.1. The zero-order chi connectivity index (χ0) is 13.0. The highest BCUT2D eigenvalue weighted by Gasteiger charge is 2.03. The highest BCUT2D eigenvalue weighted by molar-refractivity contribution is 5.48. The van der Waals surface area contributed by atoms with Crippen LogP contribution in [0.4, 0.5) is 10.1 Å². The molecule has 90 valence electrons. The van der Waals surface area contributed by atoms with Crippen molar-refractivity contribution in [2.24, 2.45) is 0 Å². The van der Waals surface area contributed by atoms with E-state index in [9.17, 15) is 4.39 Å². The third kappa shape index (κ3) is 2.83. The molecule has 0 aliphatic heterocycles. The number of nitriles is 1. The fourth-order valence-corrected chi connectivity index (χ4v) is 1.61. The van der Waals surface area contributed by atoms with Gasteiger partial charge in [-0.3, -0.25) is 4.98 Å². The summed E-state index contributed by atoms with van der Waals surface area (Å²) in [4.78, 5) is 4.31. The maximum atomic E-state index is 13.6. The number of nitrogens with zero attached hydrogens (tertiary/aromatic N) is 2. The van der Waals surface area contributed by atoms with Gasteiger partial charge in [0.1, 0.15) is 5.82 Å². The molecular weight excluding hydrogens is 229 g/mol. The van der Waals surface area contributed by atoms with Crippen molar-refractivity contribution in [1.29, 1.82) is 5.26 Å². The molecule has 1 N–H and O–H groups in total. The molecule has 18 heavy (non-hydrogen) atoms. The molecule has 1 aromatic carbocycles. The summed E-state index contributed by atoms with van der Waals surface area (Å²) in [5.41, 5.74) is 2.46. The first-order valence-corrected chi connectivity index (χ1v) is 5.55. The number of halogens is 1. The van der Waals surface area contributed by atoms with Gasteiger partial charge in [-0.05, 0) is 37.3 Å². The Hall–Kier alpha value is -2.41. The van der Waals surface area contributed by atoms with Crippen LogP contribution in [-0.2, 0) is 6.54 Å². The lowest BCUT2D eigenvalue weighted by Gasteiger charge is -2.07. The van der Waals surface area contributed by atoms with E-state index in [1.54, 1.807) is 12.1 Å². The van der Waals surface area contributed by atoms with Gasteiger partial charge in [-0.25, -0.2) is 4.39 Å². The van der Waals surface area contributed by atoms with Crippen LogP contribution in [0.1, 0.15) is 17.0 Å². The third-order valence-corrected chi connectivity index (χ3v) is 2.50. The number of benzene rings is 1. The molecule has 2 rings (SSSR count). The summed E-state index contributed by atoms with van der Waals surface area (Å²) in [5.74, 6) is -0.429. The topological polar surface area (TPSA) is 48.7 Å². The standard InChI is InChI=1S/C14H12FN3/c1-10-3-2-4-12(18-10)9-17-14-6-5-11(8-16)7-13(14)15/h2-7,17H,9H2,1H3. The third-order valence-electron chi connectivity index (χ3n) is 2.50. The van der Waals surface area contributed by atoms with Gasteiger partial charge in [0, 0.05) is 5.69 Å². The minimum absolute atomic E-state index is 0.312. The van der Waals surface area contributed by atoms with Gasteiger partial charge >= 0.3 is 0 Å². The number of aromatic nitrogens is 1. The van der Waals surface area contributed by atoms with Gasteiger partial charge < -0.3 is 5.32 Å². The van der Waals surface area contributed by atoms with Crippen LogP contribution in [0.5, 0.6) is 0 Å². The van der Waals surface area contributed by atoms with Crippen LogP contribution >= 0.6 is 0 Å². The highest BCUT2D eigenvalue weighted by Crippen LogP contribution is 2.16. The first-order valence-electron chi connectivity index (χ1n) is 5.55. The zero-order valence-electron chi connectivity index (χ0n) is 9.94. The van der Waals surface area contributed by atoms with Crippen molar-refractivity contribution in [2.45, 2.75) is 13.5 Å². The fraction of sp³-hybridized carbons (Fsp3) is 0.143. The Bertz CT molecular complexity index is 602. The van der Waals surface area contributed by atoms with Gasteiger partial charge in [0.25, 0.3) is 0 Å². The molecule has 0 aliphatic carbocycles. The van der Waals surface area contributed by atoms with Crippen molar-refractivity contribution in [3.8, 4) is 6.07 Å². The molecule has 0 atom stereocenters. The summed E-state index contributed by atoms with van der Waals surface area (Å²) in [5, 5.41) is 11.6. The Morgan fingerprint density at radius 2 is 2.17 bits per heavy atom. The Labute approximate surface area is 105 Å². The normalized spacial score (nSPS) is 9.83. The van der Waals surface area contributed by atoms with Crippen molar-refractivity contribution >= 4 is 5.69 Å². The molecule has 0 aliphatic rings. The second-order valence-corrected chi connectivity index (χ2v) is 3.93. The van der Waals surface area contributed by atoms with Gasteiger partial charge in [-0.2, -0.15) is 5.26 Å². The van der Waals surface area contributed by atoms with Crippen LogP contribution in [0.25, 0.3) is 0 Å². The molecule has 0 saturated heterocycles. The Morgan fingerprint density at radius 3 is 2.83 bits per heavy atom. The predicted molar refractivity (Wildman–Crippen MR) is 67.4 cm³/mol. The van der Waals surface area contributed by atoms with Crippen LogP contribution in [0.15, 0.2) is 36.4 Å². The van der Waals surface area contributed by atoms with E-state index in [1.807, 2.05) is 31.2 Å². The van der Waals surface area contributed by atoms with Crippen LogP contribution in [-0.4, -0.2) is 4.98 Å². The monoisotopic (exact) mass is 241 g/mol. The van der Waals surface area contributed by atoms with E-state index in [1.165, 1.54) is 6.07 Å². The lowest BCUT2D eigenvalue weighted by atomic mass is 10.2. The predicted octanol–water partition coefficient (Wildman–Crippen LogP) is 3.01. The van der Waals surface area contributed by atoms with Crippen LogP contribution in [0, 0.1) is 24.1 Å². The molecular formula is C14H12FN3. The average molecular weight is 241 g/mol. The van der Waals surface area contributed by atoms with Gasteiger partial charge in [0.15, 0.2) is 0 Å². The van der Waals surface area contributed by atoms with Crippen molar-refractivity contribution in [2.75, 3.05) is 5.32 Å². The lowest BCUT2D eigenvalue weighted by Crippen LogP contribution is -2.03. The fourth-order valence-electron chi connectivity index (χ4n) is 1.61. The molecule has 1 aromatic heterocycles. The van der Waals surface area contributed by atoms with E-state index in [2.05, 4.69) is 10.3 Å². The van der Waals surface area contributed by atoms with E-state index >= 15 is 0 Å². The number of rotatable bonds is 3. The van der Waals surface area contributed by atoms with Gasteiger partial charge in [-0.15, -0.1) is 0 Å². The Kier molecular flexibility index (Phi) is 3.54. The van der Waals surface area contributed by atoms with Crippen LogP contribution in [0.3, 0.4) is 0 Å². The average Bonchev–Trinajstić information content (AvgIpc) is 2.37. The summed E-state index contributed by atoms with van der Waals surface area (Å²) < 4.78 is 13.6.